The minimum atomic E-state index is -0.307. The standard InChI is InChI=1S/C67H44N4/c1-3-17-43(18-4-1)48-22-15-23-50(41-48)67-69-65(46-20-5-2-6-21-46)68-66(70-67)47-35-33-45(34-36-47)63-51-24-8-7-19-44(51)37-39-52(63)49-38-40-55-53-25-9-10-26-54(53)58-29-16-30-59-56-27-11-13-31-61(56)71(64(58)59)62-32-14-12-28-57(62)60(55)42-49/h1-42,65H,(H,68,69,70). The van der Waals surface area contributed by atoms with Gasteiger partial charge in [-0.25, -0.2) is 9.98 Å². The van der Waals surface area contributed by atoms with Crippen LogP contribution in [0, 0.1) is 0 Å². The lowest BCUT2D eigenvalue weighted by molar-refractivity contribution is 0.674. The molecule has 0 amide bonds. The van der Waals surface area contributed by atoms with Crippen molar-refractivity contribution in [1.82, 2.24) is 9.72 Å². The Labute approximate surface area is 410 Å². The fourth-order valence-corrected chi connectivity index (χ4v) is 11.1. The molecule has 0 radical (unpaired) electrons. The van der Waals surface area contributed by atoms with E-state index in [2.05, 4.69) is 258 Å². The Morgan fingerprint density at radius 3 is 1.63 bits per heavy atom. The van der Waals surface area contributed by atoms with Crippen molar-refractivity contribution in [2.45, 2.75) is 6.17 Å². The van der Waals surface area contributed by atoms with E-state index in [0.717, 1.165) is 50.3 Å². The SMILES string of the molecule is c1ccc(-c2cccc(C3=NC(c4ccc(-c5c(-c6ccc7c8ccccc8c8cccc9c%10ccccc%10n(c%10ccccc%10c7c6)c89)ccc6ccccc56)cc4)=NC(c4ccccc4)N3)c2)cc1. The summed E-state index contributed by atoms with van der Waals surface area (Å²) in [5.41, 5.74) is 13.6. The van der Waals surface area contributed by atoms with Crippen molar-refractivity contribution in [2.75, 3.05) is 0 Å². The van der Waals surface area contributed by atoms with Gasteiger partial charge in [0.25, 0.3) is 0 Å². The molecule has 1 unspecified atom stereocenters. The zero-order valence-corrected chi connectivity index (χ0v) is 38.7. The van der Waals surface area contributed by atoms with Crippen LogP contribution >= 0.6 is 0 Å². The molecule has 0 aliphatic carbocycles. The Bertz CT molecular complexity index is 4360. The minimum Gasteiger partial charge on any atom is -0.344 e. The number of nitrogens with one attached hydrogen (secondary N) is 1. The predicted molar refractivity (Wildman–Crippen MR) is 299 cm³/mol. The summed E-state index contributed by atoms with van der Waals surface area (Å²) in [6, 6.07) is 92.3. The van der Waals surface area contributed by atoms with E-state index in [9.17, 15) is 0 Å². The van der Waals surface area contributed by atoms with Crippen LogP contribution in [-0.2, 0) is 0 Å². The molecule has 0 spiro atoms. The average molecular weight is 905 g/mol. The number of nitrogens with zero attached hydrogens (tertiary/aromatic N) is 3. The summed E-state index contributed by atoms with van der Waals surface area (Å²) in [7, 11) is 0. The first-order valence-electron chi connectivity index (χ1n) is 24.3. The number of aliphatic imine (C=N–C) groups is 2. The van der Waals surface area contributed by atoms with Gasteiger partial charge in [0, 0.05) is 32.7 Å². The normalized spacial score (nSPS) is 13.8. The van der Waals surface area contributed by atoms with E-state index in [1.165, 1.54) is 76.0 Å². The molecular formula is C67H44N4. The molecule has 1 aliphatic rings. The van der Waals surface area contributed by atoms with Gasteiger partial charge in [-0.15, -0.1) is 0 Å². The van der Waals surface area contributed by atoms with Crippen LogP contribution in [0.2, 0.25) is 0 Å². The molecule has 11 aromatic carbocycles. The highest BCUT2D eigenvalue weighted by atomic mass is 15.2. The molecule has 0 saturated carbocycles. The number of benzene rings is 11. The largest absolute Gasteiger partial charge is 0.344 e. The summed E-state index contributed by atoms with van der Waals surface area (Å²) >= 11 is 0. The van der Waals surface area contributed by atoms with Gasteiger partial charge in [0.1, 0.15) is 12.0 Å². The van der Waals surface area contributed by atoms with Crippen LogP contribution in [0.5, 0.6) is 0 Å². The van der Waals surface area contributed by atoms with Gasteiger partial charge < -0.3 is 9.72 Å². The van der Waals surface area contributed by atoms with Gasteiger partial charge in [-0.05, 0) is 95.5 Å². The summed E-state index contributed by atoms with van der Waals surface area (Å²) in [6.45, 7) is 0. The van der Waals surface area contributed by atoms with Crippen LogP contribution in [0.1, 0.15) is 22.9 Å². The Kier molecular flexibility index (Phi) is 9.56. The third kappa shape index (κ3) is 6.83. The second-order valence-corrected chi connectivity index (χ2v) is 18.5. The number of hydrogen-bond acceptors (Lipinski definition) is 3. The molecular weight excluding hydrogens is 861 g/mol. The van der Waals surface area contributed by atoms with E-state index in [1.807, 2.05) is 6.07 Å². The first-order chi connectivity index (χ1) is 35.2. The maximum atomic E-state index is 5.25. The maximum Gasteiger partial charge on any atom is 0.159 e. The Morgan fingerprint density at radius 1 is 0.338 bits per heavy atom. The summed E-state index contributed by atoms with van der Waals surface area (Å²) in [5, 5.41) is 15.8. The smallest absolute Gasteiger partial charge is 0.159 e. The van der Waals surface area contributed by atoms with Crippen molar-refractivity contribution >= 4 is 82.1 Å². The third-order valence-corrected chi connectivity index (χ3v) is 14.4. The number of fused-ring (bicyclic) bond motifs is 11. The Hall–Kier alpha value is -9.38. The van der Waals surface area contributed by atoms with E-state index in [0.29, 0.717) is 5.84 Å². The zero-order valence-electron chi connectivity index (χ0n) is 38.7. The highest BCUT2D eigenvalue weighted by molar-refractivity contribution is 6.25. The lowest BCUT2D eigenvalue weighted by Crippen LogP contribution is -2.33. The van der Waals surface area contributed by atoms with Crippen molar-refractivity contribution in [1.29, 1.82) is 0 Å². The van der Waals surface area contributed by atoms with Gasteiger partial charge in [0.2, 0.25) is 0 Å². The van der Waals surface area contributed by atoms with Crippen molar-refractivity contribution in [2.24, 2.45) is 9.98 Å². The molecule has 71 heavy (non-hydrogen) atoms. The quantitative estimate of drug-likeness (QED) is 0.177. The molecule has 4 heteroatoms. The minimum absolute atomic E-state index is 0.307. The van der Waals surface area contributed by atoms with E-state index >= 15 is 0 Å². The summed E-state index contributed by atoms with van der Waals surface area (Å²) in [6.07, 6.45) is -0.307. The van der Waals surface area contributed by atoms with Gasteiger partial charge >= 0.3 is 0 Å². The molecule has 4 nitrogen and oxygen atoms in total. The molecule has 332 valence electrons. The van der Waals surface area contributed by atoms with Crippen molar-refractivity contribution < 1.29 is 0 Å². The topological polar surface area (TPSA) is 41.2 Å². The lowest BCUT2D eigenvalue weighted by Gasteiger charge is -2.24. The van der Waals surface area contributed by atoms with E-state index < -0.39 is 0 Å². The second kappa shape index (κ2) is 16.7. The highest BCUT2D eigenvalue weighted by Gasteiger charge is 2.23. The number of hydrogen-bond donors (Lipinski definition) is 1. The van der Waals surface area contributed by atoms with Crippen LogP contribution in [-0.4, -0.2) is 16.1 Å². The van der Waals surface area contributed by atoms with Gasteiger partial charge in [0.15, 0.2) is 5.84 Å². The lowest BCUT2D eigenvalue weighted by atomic mass is 9.88. The van der Waals surface area contributed by atoms with E-state index in [1.54, 1.807) is 0 Å². The zero-order chi connectivity index (χ0) is 46.8. The third-order valence-electron chi connectivity index (χ3n) is 14.4. The van der Waals surface area contributed by atoms with Crippen molar-refractivity contribution in [3.63, 3.8) is 0 Å². The Morgan fingerprint density at radius 2 is 0.873 bits per heavy atom. The van der Waals surface area contributed by atoms with Gasteiger partial charge in [0.05, 0.1) is 16.6 Å². The van der Waals surface area contributed by atoms with Crippen LogP contribution in [0.3, 0.4) is 0 Å². The fraction of sp³-hybridized carbons (Fsp3) is 0.0149. The molecule has 13 aromatic rings. The van der Waals surface area contributed by atoms with Crippen molar-refractivity contribution in [3.05, 3.63) is 271 Å². The van der Waals surface area contributed by atoms with E-state index in [4.69, 9.17) is 9.98 Å². The number of amidine groups is 2. The van der Waals surface area contributed by atoms with Gasteiger partial charge in [-0.1, -0.05) is 231 Å². The molecule has 1 N–H and O–H groups in total. The van der Waals surface area contributed by atoms with Crippen molar-refractivity contribution in [3.8, 4) is 33.4 Å². The number of rotatable bonds is 6. The fourth-order valence-electron chi connectivity index (χ4n) is 11.1. The summed E-state index contributed by atoms with van der Waals surface area (Å²) in [4.78, 5) is 10.5. The van der Waals surface area contributed by atoms with Crippen LogP contribution in [0.4, 0.5) is 0 Å². The maximum absolute atomic E-state index is 5.25. The monoisotopic (exact) mass is 904 g/mol. The first-order valence-corrected chi connectivity index (χ1v) is 24.3. The summed E-state index contributed by atoms with van der Waals surface area (Å²) < 4.78 is 2.50. The molecule has 1 atom stereocenters. The summed E-state index contributed by atoms with van der Waals surface area (Å²) in [5.74, 6) is 1.48. The molecule has 14 rings (SSSR count). The van der Waals surface area contributed by atoms with Gasteiger partial charge in [-0.2, -0.15) is 0 Å². The first kappa shape index (κ1) is 40.7. The van der Waals surface area contributed by atoms with Crippen LogP contribution in [0.25, 0.3) is 104 Å². The molecule has 0 bridgehead atoms. The van der Waals surface area contributed by atoms with Crippen LogP contribution < -0.4 is 5.32 Å². The van der Waals surface area contributed by atoms with Crippen LogP contribution in [0.15, 0.2) is 265 Å². The van der Waals surface area contributed by atoms with E-state index in [-0.39, 0.29) is 6.17 Å². The molecule has 0 fully saturated rings. The molecule has 2 aromatic heterocycles. The predicted octanol–water partition coefficient (Wildman–Crippen LogP) is 16.9. The number of para-hydroxylation sites is 3. The van der Waals surface area contributed by atoms with Gasteiger partial charge in [-0.3, -0.25) is 0 Å². The number of aromatic nitrogens is 1. The Balaban J connectivity index is 0.957. The molecule has 1 aliphatic heterocycles. The average Bonchev–Trinajstić information content (AvgIpc) is 3.81. The highest BCUT2D eigenvalue weighted by Crippen LogP contribution is 2.43. The molecule has 3 heterocycles. The second-order valence-electron chi connectivity index (χ2n) is 18.5. The molecule has 0 saturated heterocycles.